The lowest BCUT2D eigenvalue weighted by molar-refractivity contribution is -0.121. The Balaban J connectivity index is 0.00000200. The van der Waals surface area contributed by atoms with Crippen molar-refractivity contribution in [1.82, 2.24) is 15.5 Å². The molecule has 0 spiro atoms. The van der Waals surface area contributed by atoms with Crippen LogP contribution in [0.15, 0.2) is 30.3 Å². The van der Waals surface area contributed by atoms with E-state index in [0.717, 1.165) is 15.6 Å². The van der Waals surface area contributed by atoms with Crippen LogP contribution in [0.25, 0.3) is 10.6 Å². The van der Waals surface area contributed by atoms with Crippen LogP contribution < -0.4 is 11.1 Å². The van der Waals surface area contributed by atoms with Crippen molar-refractivity contribution >= 4 is 29.7 Å². The molecule has 20 heavy (non-hydrogen) atoms. The predicted molar refractivity (Wildman–Crippen MR) is 82.7 cm³/mol. The molecule has 0 aliphatic heterocycles. The minimum atomic E-state index is -0.130. The number of carbonyl (C=O) groups excluding carboxylic acids is 1. The fourth-order valence-corrected chi connectivity index (χ4v) is 2.35. The van der Waals surface area contributed by atoms with Crippen LogP contribution in [0.4, 0.5) is 0 Å². The van der Waals surface area contributed by atoms with Gasteiger partial charge in [0.2, 0.25) is 5.91 Å². The third kappa shape index (κ3) is 4.88. The number of hydrogen-bond acceptors (Lipinski definition) is 5. The summed E-state index contributed by atoms with van der Waals surface area (Å²) in [6.07, 6.45) is 0.324. The van der Waals surface area contributed by atoms with Gasteiger partial charge in [0.1, 0.15) is 10.0 Å². The number of carbonyl (C=O) groups is 1. The van der Waals surface area contributed by atoms with Gasteiger partial charge in [0.25, 0.3) is 0 Å². The van der Waals surface area contributed by atoms with E-state index in [9.17, 15) is 4.79 Å². The maximum atomic E-state index is 11.5. The van der Waals surface area contributed by atoms with Gasteiger partial charge in [-0.2, -0.15) is 0 Å². The summed E-state index contributed by atoms with van der Waals surface area (Å²) in [5.74, 6) is -0.0635. The number of hydrogen-bond donors (Lipinski definition) is 2. The average Bonchev–Trinajstić information content (AvgIpc) is 2.85. The highest BCUT2D eigenvalue weighted by molar-refractivity contribution is 7.14. The Morgan fingerprint density at radius 2 is 2.05 bits per heavy atom. The fourth-order valence-electron chi connectivity index (χ4n) is 1.56. The average molecular weight is 313 g/mol. The second-order valence-electron chi connectivity index (χ2n) is 4.33. The first-order valence-corrected chi connectivity index (χ1v) is 6.87. The molecule has 0 aliphatic rings. The molecule has 2 aromatic rings. The maximum absolute atomic E-state index is 11.5. The molecular formula is C13H17ClN4OS. The van der Waals surface area contributed by atoms with Gasteiger partial charge in [-0.1, -0.05) is 41.7 Å². The summed E-state index contributed by atoms with van der Waals surface area (Å²) < 4.78 is 0. The quantitative estimate of drug-likeness (QED) is 0.884. The van der Waals surface area contributed by atoms with E-state index in [1.54, 1.807) is 6.92 Å². The van der Waals surface area contributed by atoms with Crippen molar-refractivity contribution < 1.29 is 4.79 Å². The minimum Gasteiger partial charge on any atom is -0.349 e. The molecule has 1 heterocycles. The first kappa shape index (κ1) is 16.6. The number of amides is 1. The van der Waals surface area contributed by atoms with Gasteiger partial charge >= 0.3 is 0 Å². The number of rotatable bonds is 5. The smallest absolute Gasteiger partial charge is 0.221 e. The SMILES string of the molecule is CC(N)CC(=O)NCc1nnc(-c2ccccc2)s1.Cl. The highest BCUT2D eigenvalue weighted by atomic mass is 35.5. The van der Waals surface area contributed by atoms with Crippen LogP contribution in [-0.4, -0.2) is 22.1 Å². The van der Waals surface area contributed by atoms with Crippen LogP contribution in [0.3, 0.4) is 0 Å². The number of nitrogens with one attached hydrogen (secondary N) is 1. The highest BCUT2D eigenvalue weighted by Crippen LogP contribution is 2.22. The molecule has 1 aromatic heterocycles. The van der Waals surface area contributed by atoms with E-state index in [-0.39, 0.29) is 24.4 Å². The summed E-state index contributed by atoms with van der Waals surface area (Å²) in [6, 6.07) is 9.72. The Kier molecular flexibility index (Phi) is 6.57. The normalized spacial score (nSPS) is 11.5. The van der Waals surface area contributed by atoms with E-state index >= 15 is 0 Å². The van der Waals surface area contributed by atoms with E-state index < -0.39 is 0 Å². The molecule has 1 atom stereocenters. The van der Waals surface area contributed by atoms with Crippen molar-refractivity contribution in [2.45, 2.75) is 25.9 Å². The number of aromatic nitrogens is 2. The minimum absolute atomic E-state index is 0. The number of nitrogens with two attached hydrogens (primary N) is 1. The van der Waals surface area contributed by atoms with Gasteiger partial charge in [-0.05, 0) is 6.92 Å². The lowest BCUT2D eigenvalue weighted by atomic mass is 10.2. The van der Waals surface area contributed by atoms with Crippen LogP contribution in [0, 0.1) is 0 Å². The Morgan fingerprint density at radius 1 is 1.35 bits per heavy atom. The zero-order chi connectivity index (χ0) is 13.7. The van der Waals surface area contributed by atoms with E-state index in [1.165, 1.54) is 11.3 Å². The van der Waals surface area contributed by atoms with Crippen molar-refractivity contribution in [3.05, 3.63) is 35.3 Å². The molecule has 0 radical (unpaired) electrons. The zero-order valence-corrected chi connectivity index (χ0v) is 12.7. The molecule has 5 nitrogen and oxygen atoms in total. The second-order valence-corrected chi connectivity index (χ2v) is 5.39. The van der Waals surface area contributed by atoms with E-state index in [0.29, 0.717) is 13.0 Å². The molecule has 1 aromatic carbocycles. The predicted octanol–water partition coefficient (Wildman–Crippen LogP) is 1.98. The van der Waals surface area contributed by atoms with Gasteiger partial charge in [-0.25, -0.2) is 0 Å². The molecule has 0 saturated carbocycles. The number of halogens is 1. The topological polar surface area (TPSA) is 80.9 Å². The maximum Gasteiger partial charge on any atom is 0.221 e. The first-order valence-electron chi connectivity index (χ1n) is 6.05. The van der Waals surface area contributed by atoms with Crippen molar-refractivity contribution in [2.24, 2.45) is 5.73 Å². The van der Waals surface area contributed by atoms with Crippen LogP contribution in [0.2, 0.25) is 0 Å². The summed E-state index contributed by atoms with van der Waals surface area (Å²) in [5, 5.41) is 12.6. The molecule has 2 rings (SSSR count). The second kappa shape index (κ2) is 7.94. The van der Waals surface area contributed by atoms with Crippen molar-refractivity contribution in [3.63, 3.8) is 0 Å². The first-order chi connectivity index (χ1) is 9.15. The van der Waals surface area contributed by atoms with Crippen molar-refractivity contribution in [1.29, 1.82) is 0 Å². The van der Waals surface area contributed by atoms with Gasteiger partial charge in [-0.3, -0.25) is 4.79 Å². The third-order valence-electron chi connectivity index (χ3n) is 2.43. The molecule has 0 bridgehead atoms. The molecular weight excluding hydrogens is 296 g/mol. The third-order valence-corrected chi connectivity index (χ3v) is 3.40. The largest absolute Gasteiger partial charge is 0.349 e. The summed E-state index contributed by atoms with van der Waals surface area (Å²) in [4.78, 5) is 11.5. The molecule has 3 N–H and O–H groups in total. The van der Waals surface area contributed by atoms with Crippen LogP contribution >= 0.6 is 23.7 Å². The summed E-state index contributed by atoms with van der Waals surface area (Å²) >= 11 is 1.48. The summed E-state index contributed by atoms with van der Waals surface area (Å²) in [6.45, 7) is 2.20. The molecule has 108 valence electrons. The van der Waals surface area contributed by atoms with Crippen molar-refractivity contribution in [2.75, 3.05) is 0 Å². The Morgan fingerprint density at radius 3 is 2.70 bits per heavy atom. The van der Waals surface area contributed by atoms with E-state index in [4.69, 9.17) is 5.73 Å². The Bertz CT molecular complexity index is 544. The summed E-state index contributed by atoms with van der Waals surface area (Å²) in [7, 11) is 0. The monoisotopic (exact) mass is 312 g/mol. The molecule has 7 heteroatoms. The molecule has 0 fully saturated rings. The van der Waals surface area contributed by atoms with E-state index in [1.807, 2.05) is 30.3 Å². The lowest BCUT2D eigenvalue weighted by Gasteiger charge is -2.04. The summed E-state index contributed by atoms with van der Waals surface area (Å²) in [5.41, 5.74) is 6.59. The van der Waals surface area contributed by atoms with E-state index in [2.05, 4.69) is 15.5 Å². The van der Waals surface area contributed by atoms with Crippen LogP contribution in [0.1, 0.15) is 18.4 Å². The Hall–Kier alpha value is -1.50. The standard InChI is InChI=1S/C13H16N4OS.ClH/c1-9(14)7-11(18)15-8-12-16-17-13(19-12)10-5-3-2-4-6-10;/h2-6,9H,7-8,14H2,1H3,(H,15,18);1H. The van der Waals surface area contributed by atoms with Crippen LogP contribution in [0.5, 0.6) is 0 Å². The fraction of sp³-hybridized carbons (Fsp3) is 0.308. The molecule has 0 aliphatic carbocycles. The van der Waals surface area contributed by atoms with Gasteiger partial charge < -0.3 is 11.1 Å². The molecule has 1 unspecified atom stereocenters. The lowest BCUT2D eigenvalue weighted by Crippen LogP contribution is -2.29. The van der Waals surface area contributed by atoms with Gasteiger partial charge in [-0.15, -0.1) is 22.6 Å². The zero-order valence-electron chi connectivity index (χ0n) is 11.1. The Labute approximate surface area is 128 Å². The van der Waals surface area contributed by atoms with Gasteiger partial charge in [0.15, 0.2) is 0 Å². The van der Waals surface area contributed by atoms with Gasteiger partial charge in [0.05, 0.1) is 6.54 Å². The van der Waals surface area contributed by atoms with Crippen molar-refractivity contribution in [3.8, 4) is 10.6 Å². The number of nitrogens with zero attached hydrogens (tertiary/aromatic N) is 2. The molecule has 1 amide bonds. The molecule has 0 saturated heterocycles. The van der Waals surface area contributed by atoms with Crippen LogP contribution in [-0.2, 0) is 11.3 Å². The van der Waals surface area contributed by atoms with Gasteiger partial charge in [0, 0.05) is 18.0 Å². The number of benzene rings is 1. The highest BCUT2D eigenvalue weighted by Gasteiger charge is 2.08.